The van der Waals surface area contributed by atoms with Crippen molar-refractivity contribution in [2.24, 2.45) is 0 Å². The van der Waals surface area contributed by atoms with Crippen molar-refractivity contribution in [2.45, 2.75) is 30.6 Å². The molecule has 4 aromatic rings. The Morgan fingerprint density at radius 2 is 1.76 bits per heavy atom. The normalized spacial score (nSPS) is 11.7. The molecule has 6 nitrogen and oxygen atoms in total. The van der Waals surface area contributed by atoms with Gasteiger partial charge in [0, 0.05) is 41.1 Å². The monoisotopic (exact) mass is 483 g/mol. The van der Waals surface area contributed by atoms with Gasteiger partial charge in [0.15, 0.2) is 0 Å². The van der Waals surface area contributed by atoms with Crippen molar-refractivity contribution in [3.63, 3.8) is 0 Å². The van der Waals surface area contributed by atoms with E-state index in [1.165, 1.54) is 0 Å². The van der Waals surface area contributed by atoms with Crippen molar-refractivity contribution < 1.29 is 13.2 Å². The number of hydrogen-bond donors (Lipinski definition) is 2. The van der Waals surface area contributed by atoms with Crippen LogP contribution in [0.15, 0.2) is 78.1 Å². The van der Waals surface area contributed by atoms with E-state index in [9.17, 15) is 8.42 Å². The van der Waals surface area contributed by atoms with Gasteiger partial charge in [-0.3, -0.25) is 4.98 Å². The van der Waals surface area contributed by atoms with Gasteiger partial charge < -0.3 is 9.72 Å². The average Bonchev–Trinajstić information content (AvgIpc) is 3.22. The van der Waals surface area contributed by atoms with Crippen LogP contribution in [0, 0.1) is 0 Å². The molecule has 2 aromatic heterocycles. The van der Waals surface area contributed by atoms with Crippen molar-refractivity contribution in [2.75, 3.05) is 13.2 Å². The van der Waals surface area contributed by atoms with Crippen LogP contribution in [0.2, 0.25) is 5.02 Å². The standard InChI is InChI=1S/C25H26ClN3O3S/c26-21-7-10-25-24(17-21)20(18-28-25)4-1-13-29-33(30,31)23-8-5-19(6-9-23)3-2-16-32-22-11-14-27-15-12-22/h5-12,14-15,17-18,28-29H,1-4,13,16H2. The first kappa shape index (κ1) is 23.3. The highest BCUT2D eigenvalue weighted by molar-refractivity contribution is 7.89. The summed E-state index contributed by atoms with van der Waals surface area (Å²) in [4.78, 5) is 7.46. The zero-order valence-corrected chi connectivity index (χ0v) is 19.7. The number of sulfonamides is 1. The molecule has 2 N–H and O–H groups in total. The molecule has 0 aliphatic carbocycles. The molecule has 4 rings (SSSR count). The summed E-state index contributed by atoms with van der Waals surface area (Å²) in [7, 11) is -3.54. The lowest BCUT2D eigenvalue weighted by molar-refractivity contribution is 0.310. The molecule has 8 heteroatoms. The number of aromatic nitrogens is 2. The fourth-order valence-electron chi connectivity index (χ4n) is 3.66. The smallest absolute Gasteiger partial charge is 0.240 e. The van der Waals surface area contributed by atoms with E-state index < -0.39 is 10.0 Å². The van der Waals surface area contributed by atoms with Crippen LogP contribution in [0.3, 0.4) is 0 Å². The van der Waals surface area contributed by atoms with Gasteiger partial charge in [-0.15, -0.1) is 0 Å². The van der Waals surface area contributed by atoms with E-state index in [1.54, 1.807) is 24.5 Å². The molecule has 0 saturated heterocycles. The van der Waals surface area contributed by atoms with Crippen LogP contribution in [0.1, 0.15) is 24.0 Å². The predicted octanol–water partition coefficient (Wildman–Crippen LogP) is 5.14. The highest BCUT2D eigenvalue weighted by Crippen LogP contribution is 2.23. The first-order valence-corrected chi connectivity index (χ1v) is 12.7. The molecule has 0 saturated carbocycles. The van der Waals surface area contributed by atoms with Gasteiger partial charge in [-0.25, -0.2) is 13.1 Å². The van der Waals surface area contributed by atoms with Gasteiger partial charge in [-0.1, -0.05) is 23.7 Å². The van der Waals surface area contributed by atoms with Gasteiger partial charge >= 0.3 is 0 Å². The van der Waals surface area contributed by atoms with Crippen LogP contribution in [-0.4, -0.2) is 31.5 Å². The summed E-state index contributed by atoms with van der Waals surface area (Å²) in [6.45, 7) is 0.956. The Labute approximate surface area is 199 Å². The molecule has 0 bridgehead atoms. The van der Waals surface area contributed by atoms with Crippen molar-refractivity contribution in [3.8, 4) is 5.75 Å². The number of nitrogens with zero attached hydrogens (tertiary/aromatic N) is 1. The van der Waals surface area contributed by atoms with E-state index in [4.69, 9.17) is 16.3 Å². The molecule has 0 atom stereocenters. The molecular weight excluding hydrogens is 458 g/mol. The summed E-state index contributed by atoms with van der Waals surface area (Å²) >= 11 is 6.09. The fourth-order valence-corrected chi connectivity index (χ4v) is 4.91. The van der Waals surface area contributed by atoms with Gasteiger partial charge in [-0.2, -0.15) is 0 Å². The van der Waals surface area contributed by atoms with Gasteiger partial charge in [0.1, 0.15) is 5.75 Å². The van der Waals surface area contributed by atoms with E-state index in [-0.39, 0.29) is 4.90 Å². The largest absolute Gasteiger partial charge is 0.493 e. The Kier molecular flexibility index (Phi) is 7.65. The number of nitrogens with one attached hydrogen (secondary N) is 2. The maximum absolute atomic E-state index is 12.6. The summed E-state index contributed by atoms with van der Waals surface area (Å²) in [5.41, 5.74) is 3.23. The summed E-state index contributed by atoms with van der Waals surface area (Å²) in [6, 6.07) is 16.4. The summed E-state index contributed by atoms with van der Waals surface area (Å²) in [6.07, 6.45) is 8.44. The van der Waals surface area contributed by atoms with Crippen LogP contribution in [0.25, 0.3) is 10.9 Å². The summed E-state index contributed by atoms with van der Waals surface area (Å²) in [5, 5.41) is 1.76. The quantitative estimate of drug-likeness (QED) is 0.289. The lowest BCUT2D eigenvalue weighted by atomic mass is 10.1. The number of pyridine rings is 1. The maximum atomic E-state index is 12.6. The van der Waals surface area contributed by atoms with Crippen LogP contribution in [0.4, 0.5) is 0 Å². The molecule has 0 unspecified atom stereocenters. The van der Waals surface area contributed by atoms with E-state index >= 15 is 0 Å². The van der Waals surface area contributed by atoms with Crippen LogP contribution in [-0.2, 0) is 22.9 Å². The average molecular weight is 484 g/mol. The Morgan fingerprint density at radius 1 is 0.970 bits per heavy atom. The van der Waals surface area contributed by atoms with E-state index in [2.05, 4.69) is 14.7 Å². The molecule has 2 heterocycles. The molecule has 33 heavy (non-hydrogen) atoms. The molecular formula is C25H26ClN3O3S. The van der Waals surface area contributed by atoms with E-state index in [1.807, 2.05) is 48.7 Å². The first-order chi connectivity index (χ1) is 16.0. The molecule has 0 amide bonds. The number of hydrogen-bond acceptors (Lipinski definition) is 4. The minimum Gasteiger partial charge on any atom is -0.493 e. The summed E-state index contributed by atoms with van der Waals surface area (Å²) < 4.78 is 33.6. The molecule has 0 radical (unpaired) electrons. The number of halogens is 1. The van der Waals surface area contributed by atoms with Crippen molar-refractivity contribution >= 4 is 32.5 Å². The number of rotatable bonds is 11. The van der Waals surface area contributed by atoms with E-state index in [0.717, 1.165) is 47.0 Å². The van der Waals surface area contributed by atoms with Crippen LogP contribution < -0.4 is 9.46 Å². The number of fused-ring (bicyclic) bond motifs is 1. The first-order valence-electron chi connectivity index (χ1n) is 10.9. The highest BCUT2D eigenvalue weighted by Gasteiger charge is 2.13. The minimum absolute atomic E-state index is 0.276. The highest BCUT2D eigenvalue weighted by atomic mass is 35.5. The Bertz CT molecular complexity index is 1290. The number of ether oxygens (including phenoxy) is 1. The van der Waals surface area contributed by atoms with Crippen molar-refractivity contribution in [3.05, 3.63) is 89.3 Å². The molecule has 0 fully saturated rings. The van der Waals surface area contributed by atoms with Crippen LogP contribution in [0.5, 0.6) is 5.75 Å². The Balaban J connectivity index is 1.22. The van der Waals surface area contributed by atoms with Crippen molar-refractivity contribution in [1.29, 1.82) is 0 Å². The van der Waals surface area contributed by atoms with Gasteiger partial charge in [0.05, 0.1) is 11.5 Å². The minimum atomic E-state index is -3.54. The Morgan fingerprint density at radius 3 is 2.55 bits per heavy atom. The topological polar surface area (TPSA) is 84.1 Å². The summed E-state index contributed by atoms with van der Waals surface area (Å²) in [5.74, 6) is 0.797. The third-order valence-corrected chi connectivity index (χ3v) is 7.12. The molecule has 2 aromatic carbocycles. The number of aromatic amines is 1. The third kappa shape index (κ3) is 6.35. The molecule has 0 spiro atoms. The number of benzene rings is 2. The third-order valence-electron chi connectivity index (χ3n) is 5.41. The fraction of sp³-hybridized carbons (Fsp3) is 0.240. The molecule has 0 aliphatic heterocycles. The van der Waals surface area contributed by atoms with Crippen LogP contribution >= 0.6 is 11.6 Å². The maximum Gasteiger partial charge on any atom is 0.240 e. The second-order valence-corrected chi connectivity index (χ2v) is 9.99. The lowest BCUT2D eigenvalue weighted by Gasteiger charge is -2.08. The van der Waals surface area contributed by atoms with Gasteiger partial charge in [0.25, 0.3) is 0 Å². The predicted molar refractivity (Wildman–Crippen MR) is 131 cm³/mol. The zero-order chi connectivity index (χ0) is 23.1. The SMILES string of the molecule is O=S(=O)(NCCCc1c[nH]c2ccc(Cl)cc12)c1ccc(CCCOc2ccncc2)cc1. The second-order valence-electron chi connectivity index (χ2n) is 7.78. The van der Waals surface area contributed by atoms with Gasteiger partial charge in [0.2, 0.25) is 10.0 Å². The molecule has 172 valence electrons. The number of aryl methyl sites for hydroxylation is 2. The lowest BCUT2D eigenvalue weighted by Crippen LogP contribution is -2.25. The Hall–Kier alpha value is -2.87. The zero-order valence-electron chi connectivity index (χ0n) is 18.1. The second kappa shape index (κ2) is 10.8. The number of H-pyrrole nitrogens is 1. The van der Waals surface area contributed by atoms with Gasteiger partial charge in [-0.05, 0) is 79.3 Å². The van der Waals surface area contributed by atoms with Crippen molar-refractivity contribution in [1.82, 2.24) is 14.7 Å². The van der Waals surface area contributed by atoms with E-state index in [0.29, 0.717) is 24.6 Å². The molecule has 0 aliphatic rings.